The van der Waals surface area contributed by atoms with Crippen molar-refractivity contribution in [3.8, 4) is 0 Å². The molecule has 2 aliphatic rings. The maximum absolute atomic E-state index is 12.8. The van der Waals surface area contributed by atoms with Crippen LogP contribution in [0.25, 0.3) is 0 Å². The molecule has 0 bridgehead atoms. The predicted octanol–water partition coefficient (Wildman–Crippen LogP) is 3.05. The first-order valence-corrected chi connectivity index (χ1v) is 9.19. The molecule has 120 valence electrons. The van der Waals surface area contributed by atoms with Crippen LogP contribution in [0.2, 0.25) is 0 Å². The van der Waals surface area contributed by atoms with Crippen molar-refractivity contribution in [2.75, 3.05) is 6.54 Å². The lowest BCUT2D eigenvalue weighted by molar-refractivity contribution is -0.139. The molecule has 1 aliphatic carbocycles. The Morgan fingerprint density at radius 3 is 2.82 bits per heavy atom. The van der Waals surface area contributed by atoms with Crippen LogP contribution < -0.4 is 5.32 Å². The summed E-state index contributed by atoms with van der Waals surface area (Å²) in [6, 6.07) is 3.59. The van der Waals surface area contributed by atoms with Crippen LogP contribution in [-0.2, 0) is 4.79 Å². The third kappa shape index (κ3) is 3.19. The van der Waals surface area contributed by atoms with E-state index in [0.717, 1.165) is 19.4 Å². The van der Waals surface area contributed by atoms with E-state index in [-0.39, 0.29) is 11.8 Å². The number of piperidine rings is 1. The van der Waals surface area contributed by atoms with Crippen molar-refractivity contribution in [1.82, 2.24) is 10.2 Å². The SMILES string of the molecule is CC(NC(=O)c1cccs1)C(=O)N1CCCC2CCCCC21. The molecule has 2 fully saturated rings. The largest absolute Gasteiger partial charge is 0.340 e. The molecule has 3 unspecified atom stereocenters. The van der Waals surface area contributed by atoms with Gasteiger partial charge in [-0.05, 0) is 50.0 Å². The lowest BCUT2D eigenvalue weighted by Gasteiger charge is -2.45. The fourth-order valence-corrected chi connectivity index (χ4v) is 4.51. The van der Waals surface area contributed by atoms with Crippen molar-refractivity contribution < 1.29 is 9.59 Å². The standard InChI is InChI=1S/C17H24N2O2S/c1-12(18-16(20)15-9-5-11-22-15)17(21)19-10-4-7-13-6-2-3-8-14(13)19/h5,9,11-14H,2-4,6-8,10H2,1H3,(H,18,20). The number of nitrogens with zero attached hydrogens (tertiary/aromatic N) is 1. The minimum atomic E-state index is -0.449. The van der Waals surface area contributed by atoms with E-state index in [1.807, 2.05) is 16.3 Å². The number of rotatable bonds is 3. The Hall–Kier alpha value is -1.36. The molecule has 0 spiro atoms. The summed E-state index contributed by atoms with van der Waals surface area (Å²) in [5.74, 6) is 0.612. The predicted molar refractivity (Wildman–Crippen MR) is 87.9 cm³/mol. The number of carbonyl (C=O) groups is 2. The van der Waals surface area contributed by atoms with Crippen molar-refractivity contribution >= 4 is 23.2 Å². The zero-order valence-electron chi connectivity index (χ0n) is 13.1. The average molecular weight is 320 g/mol. The van der Waals surface area contributed by atoms with Crippen LogP contribution in [-0.4, -0.2) is 35.3 Å². The fraction of sp³-hybridized carbons (Fsp3) is 0.647. The first kappa shape index (κ1) is 15.5. The van der Waals surface area contributed by atoms with Crippen molar-refractivity contribution in [2.24, 2.45) is 5.92 Å². The fourth-order valence-electron chi connectivity index (χ4n) is 3.88. The quantitative estimate of drug-likeness (QED) is 0.930. The Balaban J connectivity index is 1.63. The molecule has 3 atom stereocenters. The summed E-state index contributed by atoms with van der Waals surface area (Å²) >= 11 is 1.40. The number of nitrogens with one attached hydrogen (secondary N) is 1. The molecule has 2 amide bonds. The van der Waals surface area contributed by atoms with Crippen molar-refractivity contribution in [3.05, 3.63) is 22.4 Å². The minimum absolute atomic E-state index is 0.0847. The summed E-state index contributed by atoms with van der Waals surface area (Å²) in [5, 5.41) is 4.73. The number of fused-ring (bicyclic) bond motifs is 1. The highest BCUT2D eigenvalue weighted by molar-refractivity contribution is 7.12. The number of hydrogen-bond donors (Lipinski definition) is 1. The van der Waals surface area contributed by atoms with E-state index in [1.165, 1.54) is 37.0 Å². The summed E-state index contributed by atoms with van der Waals surface area (Å²) in [5.41, 5.74) is 0. The Morgan fingerprint density at radius 1 is 1.27 bits per heavy atom. The second-order valence-electron chi connectivity index (χ2n) is 6.46. The van der Waals surface area contributed by atoms with E-state index < -0.39 is 6.04 Å². The van der Waals surface area contributed by atoms with Gasteiger partial charge in [-0.2, -0.15) is 0 Å². The second-order valence-corrected chi connectivity index (χ2v) is 7.41. The number of carbonyl (C=O) groups excluding carboxylic acids is 2. The summed E-state index contributed by atoms with van der Waals surface area (Å²) in [6.45, 7) is 2.65. The van der Waals surface area contributed by atoms with Gasteiger partial charge in [-0.1, -0.05) is 18.9 Å². The Kier molecular flexibility index (Phi) is 4.81. The highest BCUT2D eigenvalue weighted by Gasteiger charge is 2.37. The van der Waals surface area contributed by atoms with Crippen LogP contribution >= 0.6 is 11.3 Å². The average Bonchev–Trinajstić information content (AvgIpc) is 3.08. The number of thiophene rings is 1. The number of likely N-dealkylation sites (tertiary alicyclic amines) is 1. The minimum Gasteiger partial charge on any atom is -0.340 e. The van der Waals surface area contributed by atoms with Gasteiger partial charge in [-0.25, -0.2) is 0 Å². The Morgan fingerprint density at radius 2 is 2.05 bits per heavy atom. The second kappa shape index (κ2) is 6.82. The smallest absolute Gasteiger partial charge is 0.261 e. The van der Waals surface area contributed by atoms with E-state index in [2.05, 4.69) is 5.32 Å². The van der Waals surface area contributed by atoms with Gasteiger partial charge in [0.2, 0.25) is 5.91 Å². The van der Waals surface area contributed by atoms with Crippen LogP contribution in [0.3, 0.4) is 0 Å². The van der Waals surface area contributed by atoms with E-state index in [9.17, 15) is 9.59 Å². The summed E-state index contributed by atoms with van der Waals surface area (Å²) < 4.78 is 0. The van der Waals surface area contributed by atoms with Crippen molar-refractivity contribution in [3.63, 3.8) is 0 Å². The van der Waals surface area contributed by atoms with Gasteiger partial charge in [-0.3, -0.25) is 9.59 Å². The van der Waals surface area contributed by atoms with E-state index >= 15 is 0 Å². The maximum Gasteiger partial charge on any atom is 0.261 e. The molecule has 1 aromatic heterocycles. The monoisotopic (exact) mass is 320 g/mol. The van der Waals surface area contributed by atoms with Crippen LogP contribution in [0.1, 0.15) is 55.1 Å². The number of hydrogen-bond acceptors (Lipinski definition) is 3. The molecule has 1 saturated carbocycles. The van der Waals surface area contributed by atoms with Gasteiger partial charge >= 0.3 is 0 Å². The van der Waals surface area contributed by atoms with Gasteiger partial charge in [0.05, 0.1) is 4.88 Å². The molecular weight excluding hydrogens is 296 g/mol. The summed E-state index contributed by atoms with van der Waals surface area (Å²) in [4.78, 5) is 27.6. The van der Waals surface area contributed by atoms with Gasteiger partial charge in [0.1, 0.15) is 6.04 Å². The van der Waals surface area contributed by atoms with E-state index in [1.54, 1.807) is 13.0 Å². The van der Waals surface area contributed by atoms with Crippen LogP contribution in [0.4, 0.5) is 0 Å². The van der Waals surface area contributed by atoms with Gasteiger partial charge in [0.25, 0.3) is 5.91 Å². The van der Waals surface area contributed by atoms with Gasteiger partial charge in [0, 0.05) is 12.6 Å². The van der Waals surface area contributed by atoms with Crippen LogP contribution in [0, 0.1) is 5.92 Å². The highest BCUT2D eigenvalue weighted by Crippen LogP contribution is 2.35. The van der Waals surface area contributed by atoms with Crippen molar-refractivity contribution in [1.29, 1.82) is 0 Å². The Bertz CT molecular complexity index is 527. The molecule has 1 N–H and O–H groups in total. The zero-order chi connectivity index (χ0) is 15.5. The summed E-state index contributed by atoms with van der Waals surface area (Å²) in [6.07, 6.45) is 7.25. The Labute approximate surface area is 135 Å². The molecular formula is C17H24N2O2S. The van der Waals surface area contributed by atoms with E-state index in [4.69, 9.17) is 0 Å². The molecule has 1 aliphatic heterocycles. The van der Waals surface area contributed by atoms with E-state index in [0.29, 0.717) is 16.8 Å². The molecule has 1 aromatic rings. The molecule has 2 heterocycles. The van der Waals surface area contributed by atoms with Gasteiger partial charge in [0.15, 0.2) is 0 Å². The molecule has 5 heteroatoms. The third-order valence-electron chi connectivity index (χ3n) is 4.99. The molecule has 1 saturated heterocycles. The zero-order valence-corrected chi connectivity index (χ0v) is 13.9. The molecule has 0 aromatic carbocycles. The topological polar surface area (TPSA) is 49.4 Å². The van der Waals surface area contributed by atoms with Crippen LogP contribution in [0.5, 0.6) is 0 Å². The molecule has 0 radical (unpaired) electrons. The van der Waals surface area contributed by atoms with Gasteiger partial charge in [-0.15, -0.1) is 11.3 Å². The maximum atomic E-state index is 12.8. The molecule has 3 rings (SSSR count). The normalized spacial score (nSPS) is 26.1. The third-order valence-corrected chi connectivity index (χ3v) is 5.86. The highest BCUT2D eigenvalue weighted by atomic mass is 32.1. The summed E-state index contributed by atoms with van der Waals surface area (Å²) in [7, 11) is 0. The molecule has 4 nitrogen and oxygen atoms in total. The first-order chi connectivity index (χ1) is 10.7. The van der Waals surface area contributed by atoms with Gasteiger partial charge < -0.3 is 10.2 Å². The van der Waals surface area contributed by atoms with Crippen molar-refractivity contribution in [2.45, 2.75) is 57.5 Å². The lowest BCUT2D eigenvalue weighted by atomic mass is 9.78. The number of amides is 2. The van der Waals surface area contributed by atoms with Crippen LogP contribution in [0.15, 0.2) is 17.5 Å². The molecule has 22 heavy (non-hydrogen) atoms. The first-order valence-electron chi connectivity index (χ1n) is 8.31. The lowest BCUT2D eigenvalue weighted by Crippen LogP contribution is -2.55.